The number of aromatic nitrogens is 3. The van der Waals surface area contributed by atoms with Crippen molar-refractivity contribution in [1.82, 2.24) is 14.5 Å². The third-order valence-electron chi connectivity index (χ3n) is 3.94. The van der Waals surface area contributed by atoms with E-state index in [4.69, 9.17) is 4.74 Å². The lowest BCUT2D eigenvalue weighted by Crippen LogP contribution is -2.33. The monoisotopic (exact) mass is 375 g/mol. The standard InChI is InChI=1S/C13H18N3O8P/c1-6-14-11-7(12(19)15-6)3-4-16(11)13-10(18)9(17)8(24-13)5-23-25(20,21)22-2/h3-4,8-10,13,17-18H,5H2,1-2H3,(H,20,21)(H,14,15,19)/t8-,9+,10?,13-/m1/s1. The summed E-state index contributed by atoms with van der Waals surface area (Å²) in [6.45, 7) is 1.14. The molecule has 2 aromatic rings. The molecule has 2 aromatic heterocycles. The van der Waals surface area contributed by atoms with Gasteiger partial charge in [0.2, 0.25) is 0 Å². The summed E-state index contributed by atoms with van der Waals surface area (Å²) in [6, 6.07) is 1.51. The Labute approximate surface area is 141 Å². The number of aliphatic hydroxyl groups excluding tert-OH is 2. The molecule has 4 N–H and O–H groups in total. The highest BCUT2D eigenvalue weighted by molar-refractivity contribution is 7.47. The van der Waals surface area contributed by atoms with E-state index in [1.54, 1.807) is 6.92 Å². The van der Waals surface area contributed by atoms with Crippen LogP contribution in [0.1, 0.15) is 12.1 Å². The molecule has 0 radical (unpaired) electrons. The van der Waals surface area contributed by atoms with E-state index < -0.39 is 39.0 Å². The number of hydrogen-bond donors (Lipinski definition) is 4. The molecule has 25 heavy (non-hydrogen) atoms. The molecule has 1 saturated heterocycles. The van der Waals surface area contributed by atoms with Crippen LogP contribution >= 0.6 is 7.82 Å². The summed E-state index contributed by atoms with van der Waals surface area (Å²) < 4.78 is 27.3. The summed E-state index contributed by atoms with van der Waals surface area (Å²) >= 11 is 0. The maximum atomic E-state index is 11.9. The number of nitrogens with one attached hydrogen (secondary N) is 1. The Morgan fingerprint density at radius 1 is 1.44 bits per heavy atom. The number of phosphoric acid groups is 1. The predicted octanol–water partition coefficient (Wildman–Crippen LogP) is -0.584. The molecule has 0 aliphatic carbocycles. The van der Waals surface area contributed by atoms with E-state index in [1.807, 2.05) is 0 Å². The number of aromatic amines is 1. The third kappa shape index (κ3) is 3.40. The normalized spacial score (nSPS) is 29.2. The SMILES string of the molecule is COP(=O)(O)OC[C@H]1O[C@@H](n2ccc3c(=O)[nH]c(C)nc32)C(O)[C@H]1O. The zero-order valence-corrected chi connectivity index (χ0v) is 14.3. The molecule has 1 fully saturated rings. The van der Waals surface area contributed by atoms with E-state index in [9.17, 15) is 24.5 Å². The average molecular weight is 375 g/mol. The number of phosphoric ester groups is 1. The molecule has 1 aliphatic heterocycles. The van der Waals surface area contributed by atoms with Crippen molar-refractivity contribution in [2.75, 3.05) is 13.7 Å². The summed E-state index contributed by atoms with van der Waals surface area (Å²) in [4.78, 5) is 28.0. The minimum atomic E-state index is -4.24. The van der Waals surface area contributed by atoms with Gasteiger partial charge in [-0.2, -0.15) is 0 Å². The highest BCUT2D eigenvalue weighted by atomic mass is 31.2. The van der Waals surface area contributed by atoms with Gasteiger partial charge in [0.05, 0.1) is 12.0 Å². The van der Waals surface area contributed by atoms with Gasteiger partial charge in [0.1, 0.15) is 29.8 Å². The first kappa shape index (κ1) is 18.2. The fourth-order valence-corrected chi connectivity index (χ4v) is 3.12. The van der Waals surface area contributed by atoms with Gasteiger partial charge >= 0.3 is 7.82 Å². The van der Waals surface area contributed by atoms with Crippen LogP contribution in [0.5, 0.6) is 0 Å². The van der Waals surface area contributed by atoms with Crippen molar-refractivity contribution in [3.05, 3.63) is 28.4 Å². The van der Waals surface area contributed by atoms with E-state index in [1.165, 1.54) is 16.8 Å². The van der Waals surface area contributed by atoms with Crippen molar-refractivity contribution in [2.45, 2.75) is 31.5 Å². The third-order valence-corrected chi connectivity index (χ3v) is 4.88. The minimum Gasteiger partial charge on any atom is -0.387 e. The zero-order chi connectivity index (χ0) is 18.4. The Hall–Kier alpha value is -1.59. The van der Waals surface area contributed by atoms with Crippen molar-refractivity contribution >= 4 is 18.9 Å². The quantitative estimate of drug-likeness (QED) is 0.502. The zero-order valence-electron chi connectivity index (χ0n) is 13.4. The summed E-state index contributed by atoms with van der Waals surface area (Å²) in [5, 5.41) is 20.7. The predicted molar refractivity (Wildman–Crippen MR) is 83.8 cm³/mol. The lowest BCUT2D eigenvalue weighted by atomic mass is 10.1. The fourth-order valence-electron chi connectivity index (χ4n) is 2.68. The molecule has 5 atom stereocenters. The summed E-state index contributed by atoms with van der Waals surface area (Å²) in [5.41, 5.74) is -0.0562. The van der Waals surface area contributed by atoms with Gasteiger partial charge in [-0.1, -0.05) is 0 Å². The van der Waals surface area contributed by atoms with Crippen LogP contribution in [0.4, 0.5) is 0 Å². The highest BCUT2D eigenvalue weighted by Crippen LogP contribution is 2.43. The second kappa shape index (κ2) is 6.61. The molecule has 3 heterocycles. The lowest BCUT2D eigenvalue weighted by molar-refractivity contribution is -0.0506. The molecule has 11 nitrogen and oxygen atoms in total. The van der Waals surface area contributed by atoms with Gasteiger partial charge in [-0.3, -0.25) is 13.8 Å². The largest absolute Gasteiger partial charge is 0.472 e. The van der Waals surface area contributed by atoms with Crippen LogP contribution in [0, 0.1) is 6.92 Å². The summed E-state index contributed by atoms with van der Waals surface area (Å²) in [7, 11) is -3.24. The number of nitrogens with zero attached hydrogens (tertiary/aromatic N) is 2. The number of aliphatic hydroxyl groups is 2. The molecular formula is C13H18N3O8P. The molecule has 0 aromatic carbocycles. The fraction of sp³-hybridized carbons (Fsp3) is 0.538. The number of ether oxygens (including phenoxy) is 1. The van der Waals surface area contributed by atoms with E-state index in [0.29, 0.717) is 11.2 Å². The maximum Gasteiger partial charge on any atom is 0.472 e. The Kier molecular flexibility index (Phi) is 4.82. The van der Waals surface area contributed by atoms with Gasteiger partial charge in [0, 0.05) is 13.3 Å². The van der Waals surface area contributed by atoms with Gasteiger partial charge < -0.3 is 29.4 Å². The van der Waals surface area contributed by atoms with Crippen molar-refractivity contribution in [3.8, 4) is 0 Å². The van der Waals surface area contributed by atoms with E-state index in [0.717, 1.165) is 7.11 Å². The Balaban J connectivity index is 1.87. The molecular weight excluding hydrogens is 357 g/mol. The van der Waals surface area contributed by atoms with Crippen LogP contribution in [0.2, 0.25) is 0 Å². The topological polar surface area (TPSA) is 156 Å². The first-order chi connectivity index (χ1) is 11.7. The lowest BCUT2D eigenvalue weighted by Gasteiger charge is -2.17. The van der Waals surface area contributed by atoms with Crippen LogP contribution in [0.3, 0.4) is 0 Å². The number of fused-ring (bicyclic) bond motifs is 1. The van der Waals surface area contributed by atoms with Crippen LogP contribution in [0.15, 0.2) is 17.1 Å². The van der Waals surface area contributed by atoms with Gasteiger partial charge in [-0.05, 0) is 13.0 Å². The van der Waals surface area contributed by atoms with Crippen LogP contribution in [-0.2, 0) is 18.3 Å². The van der Waals surface area contributed by atoms with E-state index >= 15 is 0 Å². The van der Waals surface area contributed by atoms with Gasteiger partial charge in [-0.25, -0.2) is 9.55 Å². The smallest absolute Gasteiger partial charge is 0.387 e. The Morgan fingerprint density at radius 3 is 2.84 bits per heavy atom. The molecule has 0 saturated carbocycles. The summed E-state index contributed by atoms with van der Waals surface area (Å²) in [6.07, 6.45) is -3.34. The second-order valence-electron chi connectivity index (χ2n) is 5.60. The number of aryl methyl sites for hydroxylation is 1. The molecule has 0 amide bonds. The van der Waals surface area contributed by atoms with Crippen molar-refractivity contribution < 1.29 is 33.5 Å². The van der Waals surface area contributed by atoms with Crippen molar-refractivity contribution in [3.63, 3.8) is 0 Å². The molecule has 1 aliphatic rings. The van der Waals surface area contributed by atoms with Crippen LogP contribution < -0.4 is 5.56 Å². The Bertz CT molecular complexity index is 880. The average Bonchev–Trinajstić information content (AvgIpc) is 3.08. The molecule has 0 spiro atoms. The number of H-pyrrole nitrogens is 1. The first-order valence-electron chi connectivity index (χ1n) is 7.35. The highest BCUT2D eigenvalue weighted by Gasteiger charge is 2.45. The van der Waals surface area contributed by atoms with E-state index in [2.05, 4.69) is 19.0 Å². The molecule has 0 bridgehead atoms. The van der Waals surface area contributed by atoms with Gasteiger partial charge in [0.15, 0.2) is 6.23 Å². The summed E-state index contributed by atoms with van der Waals surface area (Å²) in [5.74, 6) is 0.381. The van der Waals surface area contributed by atoms with Crippen molar-refractivity contribution in [2.24, 2.45) is 0 Å². The van der Waals surface area contributed by atoms with Gasteiger partial charge in [-0.15, -0.1) is 0 Å². The molecule has 2 unspecified atom stereocenters. The van der Waals surface area contributed by atoms with E-state index in [-0.39, 0.29) is 11.2 Å². The van der Waals surface area contributed by atoms with Gasteiger partial charge in [0.25, 0.3) is 5.56 Å². The van der Waals surface area contributed by atoms with Crippen molar-refractivity contribution in [1.29, 1.82) is 0 Å². The van der Waals surface area contributed by atoms with Crippen LogP contribution in [0.25, 0.3) is 11.0 Å². The maximum absolute atomic E-state index is 11.9. The number of hydrogen-bond acceptors (Lipinski definition) is 8. The first-order valence-corrected chi connectivity index (χ1v) is 8.85. The second-order valence-corrected chi connectivity index (χ2v) is 7.17. The molecule has 3 rings (SSSR count). The molecule has 12 heteroatoms. The number of rotatable bonds is 5. The Morgan fingerprint density at radius 2 is 2.16 bits per heavy atom. The minimum absolute atomic E-state index is 0.281. The molecule has 138 valence electrons. The van der Waals surface area contributed by atoms with Crippen LogP contribution in [-0.4, -0.2) is 61.7 Å².